The van der Waals surface area contributed by atoms with Crippen molar-refractivity contribution in [2.24, 2.45) is 7.05 Å². The lowest BCUT2D eigenvalue weighted by Gasteiger charge is -2.43. The second-order valence-electron chi connectivity index (χ2n) is 12.9. The highest BCUT2D eigenvalue weighted by Crippen LogP contribution is 2.52. The molecular formula is C33H35F3N8O4S. The van der Waals surface area contributed by atoms with Crippen LogP contribution in [-0.2, 0) is 22.8 Å². The number of likely N-dealkylation sites (tertiary alicyclic amines) is 1. The van der Waals surface area contributed by atoms with E-state index < -0.39 is 33.4 Å². The van der Waals surface area contributed by atoms with Crippen LogP contribution in [0.3, 0.4) is 0 Å². The van der Waals surface area contributed by atoms with E-state index in [0.29, 0.717) is 51.7 Å². The minimum absolute atomic E-state index is 0.000158. The minimum atomic E-state index is -5.04. The number of anilines is 2. The van der Waals surface area contributed by atoms with E-state index in [9.17, 15) is 26.7 Å². The number of pyridine rings is 1. The Morgan fingerprint density at radius 3 is 2.49 bits per heavy atom. The molecular weight excluding hydrogens is 661 g/mol. The molecule has 7 rings (SSSR count). The number of nitrogens with zero attached hydrogens (tertiary/aromatic N) is 6. The summed E-state index contributed by atoms with van der Waals surface area (Å²) in [5.74, 6) is -4.03. The van der Waals surface area contributed by atoms with Gasteiger partial charge in [-0.05, 0) is 56.6 Å². The number of hydrogen-bond acceptors (Lipinski definition) is 9. The lowest BCUT2D eigenvalue weighted by molar-refractivity contribution is -0.116. The SMILES string of the molecule is C[C@H](Oc1cc(-c2nn(C)c3c(-c4cnn([C@]5(O)CCN(C)C6(CC6)C5)c4)cnc(N)c23)ccc1NS(=O)(=O)C(F)F)c1ccc(F)cc1. The van der Waals surface area contributed by atoms with Crippen molar-refractivity contribution < 1.29 is 31.4 Å². The zero-order valence-corrected chi connectivity index (χ0v) is 27.8. The van der Waals surface area contributed by atoms with Gasteiger partial charge in [0.1, 0.15) is 29.2 Å². The quantitative estimate of drug-likeness (QED) is 0.188. The number of benzene rings is 2. The molecule has 12 nitrogen and oxygen atoms in total. The van der Waals surface area contributed by atoms with Gasteiger partial charge in [-0.1, -0.05) is 18.2 Å². The van der Waals surface area contributed by atoms with E-state index in [1.54, 1.807) is 41.9 Å². The van der Waals surface area contributed by atoms with Crippen LogP contribution in [0.2, 0.25) is 0 Å². The lowest BCUT2D eigenvalue weighted by Crippen LogP contribution is -2.51. The molecule has 16 heteroatoms. The van der Waals surface area contributed by atoms with E-state index in [-0.39, 0.29) is 22.8 Å². The molecule has 2 fully saturated rings. The number of aryl methyl sites for hydroxylation is 1. The van der Waals surface area contributed by atoms with Gasteiger partial charge in [0.15, 0.2) is 5.72 Å². The largest absolute Gasteiger partial charge is 0.484 e. The van der Waals surface area contributed by atoms with Gasteiger partial charge in [0.25, 0.3) is 10.0 Å². The molecule has 49 heavy (non-hydrogen) atoms. The molecule has 3 aromatic heterocycles. The highest BCUT2D eigenvalue weighted by molar-refractivity contribution is 7.93. The summed E-state index contributed by atoms with van der Waals surface area (Å²) in [5, 5.41) is 21.4. The molecule has 4 heterocycles. The van der Waals surface area contributed by atoms with Crippen LogP contribution in [0.1, 0.15) is 44.3 Å². The van der Waals surface area contributed by atoms with Crippen LogP contribution in [0.5, 0.6) is 5.75 Å². The van der Waals surface area contributed by atoms with Gasteiger partial charge in [0.05, 0.1) is 22.8 Å². The van der Waals surface area contributed by atoms with Crippen molar-refractivity contribution in [2.45, 2.75) is 55.7 Å². The molecule has 4 N–H and O–H groups in total. The molecule has 1 saturated heterocycles. The first kappa shape index (κ1) is 32.9. The number of hydrogen-bond donors (Lipinski definition) is 3. The monoisotopic (exact) mass is 696 g/mol. The van der Waals surface area contributed by atoms with Gasteiger partial charge in [-0.2, -0.15) is 19.0 Å². The van der Waals surface area contributed by atoms with Gasteiger partial charge in [0.2, 0.25) is 0 Å². The summed E-state index contributed by atoms with van der Waals surface area (Å²) >= 11 is 0. The summed E-state index contributed by atoms with van der Waals surface area (Å²) in [7, 11) is -1.21. The lowest BCUT2D eigenvalue weighted by atomic mass is 9.92. The van der Waals surface area contributed by atoms with E-state index in [1.807, 2.05) is 4.72 Å². The van der Waals surface area contributed by atoms with Gasteiger partial charge in [-0.25, -0.2) is 22.5 Å². The second-order valence-corrected chi connectivity index (χ2v) is 14.6. The summed E-state index contributed by atoms with van der Waals surface area (Å²) in [6.07, 6.45) is 7.55. The maximum atomic E-state index is 13.6. The maximum Gasteiger partial charge on any atom is 0.355 e. The normalized spacial score (nSPS) is 19.8. The molecule has 0 radical (unpaired) electrons. The van der Waals surface area contributed by atoms with Crippen LogP contribution in [0.25, 0.3) is 33.3 Å². The predicted octanol–water partition coefficient (Wildman–Crippen LogP) is 5.23. The number of sulfonamides is 1. The molecule has 5 aromatic rings. The Morgan fingerprint density at radius 2 is 1.80 bits per heavy atom. The number of nitrogen functional groups attached to an aromatic ring is 1. The Labute approximate surface area is 280 Å². The van der Waals surface area contributed by atoms with Gasteiger partial charge in [0, 0.05) is 61.1 Å². The van der Waals surface area contributed by atoms with E-state index in [0.717, 1.165) is 19.4 Å². The van der Waals surface area contributed by atoms with Gasteiger partial charge < -0.3 is 20.5 Å². The fraction of sp³-hybridized carbons (Fsp3) is 0.364. The van der Waals surface area contributed by atoms with Crippen molar-refractivity contribution >= 4 is 32.4 Å². The molecule has 0 bridgehead atoms. The fourth-order valence-electron chi connectivity index (χ4n) is 6.71. The van der Waals surface area contributed by atoms with Crippen LogP contribution >= 0.6 is 0 Å². The number of nitrogens with one attached hydrogen (secondary N) is 1. The first-order chi connectivity index (χ1) is 23.2. The molecule has 2 aromatic carbocycles. The van der Waals surface area contributed by atoms with E-state index in [2.05, 4.69) is 22.0 Å². The van der Waals surface area contributed by atoms with Gasteiger partial charge in [-0.3, -0.25) is 9.40 Å². The Morgan fingerprint density at radius 1 is 1.06 bits per heavy atom. The fourth-order valence-corrected chi connectivity index (χ4v) is 7.28. The number of fused-ring (bicyclic) bond motifs is 1. The van der Waals surface area contributed by atoms with Crippen molar-refractivity contribution in [2.75, 3.05) is 24.0 Å². The smallest absolute Gasteiger partial charge is 0.355 e. The Hall–Kier alpha value is -4.67. The number of alkyl halides is 2. The number of rotatable bonds is 9. The average Bonchev–Trinajstić information content (AvgIpc) is 3.46. The van der Waals surface area contributed by atoms with Crippen LogP contribution in [0, 0.1) is 5.82 Å². The highest BCUT2D eigenvalue weighted by Gasteiger charge is 2.55. The third kappa shape index (κ3) is 5.87. The molecule has 2 atom stereocenters. The zero-order chi connectivity index (χ0) is 34.9. The summed E-state index contributed by atoms with van der Waals surface area (Å²) in [6.45, 7) is 2.41. The molecule has 1 spiro atoms. The van der Waals surface area contributed by atoms with E-state index >= 15 is 0 Å². The summed E-state index contributed by atoms with van der Waals surface area (Å²) in [4.78, 5) is 6.77. The number of aromatic nitrogens is 5. The van der Waals surface area contributed by atoms with Crippen molar-refractivity contribution in [3.8, 4) is 28.1 Å². The van der Waals surface area contributed by atoms with Crippen molar-refractivity contribution in [3.63, 3.8) is 0 Å². The molecule has 1 saturated carbocycles. The Balaban J connectivity index is 1.28. The van der Waals surface area contributed by atoms with Gasteiger partial charge in [-0.15, -0.1) is 0 Å². The maximum absolute atomic E-state index is 13.6. The average molecular weight is 697 g/mol. The number of nitrogens with two attached hydrogens (primary N) is 1. The topological polar surface area (TPSA) is 153 Å². The summed E-state index contributed by atoms with van der Waals surface area (Å²) in [5.41, 5.74) is 8.44. The molecule has 0 amide bonds. The third-order valence-electron chi connectivity index (χ3n) is 9.69. The highest BCUT2D eigenvalue weighted by atomic mass is 32.2. The van der Waals surface area contributed by atoms with Gasteiger partial charge >= 0.3 is 5.76 Å². The Kier molecular flexibility index (Phi) is 7.87. The molecule has 1 aliphatic heterocycles. The molecule has 0 unspecified atom stereocenters. The van der Waals surface area contributed by atoms with E-state index in [4.69, 9.17) is 15.6 Å². The number of aliphatic hydroxyl groups is 1. The minimum Gasteiger partial charge on any atom is -0.484 e. The standard InChI is InChI=1S/C33H35F3N8O4S/c1-19(20-4-7-23(34)8-5-20)48-26-14-21(6-9-25(26)41-49(46,47)31(35)36)28-27-29(43(3)40-28)24(16-38-30(27)37)22-15-39-44(17-22)33(45)12-13-42(2)32(18-33)10-11-32/h4-9,14-17,19,31,41,45H,10-13,18H2,1-3H3,(H2,37,38)/t19-,33-/m0/s1. The first-order valence-electron chi connectivity index (χ1n) is 15.7. The number of halogens is 3. The second kappa shape index (κ2) is 11.7. The van der Waals surface area contributed by atoms with Crippen LogP contribution in [0.4, 0.5) is 24.7 Å². The van der Waals surface area contributed by atoms with Crippen molar-refractivity contribution in [3.05, 3.63) is 72.4 Å². The zero-order valence-electron chi connectivity index (χ0n) is 26.9. The summed E-state index contributed by atoms with van der Waals surface area (Å²) in [6, 6.07) is 9.79. The molecule has 1 aliphatic carbocycles. The van der Waals surface area contributed by atoms with Crippen molar-refractivity contribution in [1.82, 2.24) is 29.4 Å². The number of ether oxygens (including phenoxy) is 1. The van der Waals surface area contributed by atoms with Crippen molar-refractivity contribution in [1.29, 1.82) is 0 Å². The molecule has 2 aliphatic rings. The Bertz CT molecular complexity index is 2170. The first-order valence-corrected chi connectivity index (χ1v) is 17.2. The van der Waals surface area contributed by atoms with E-state index in [1.165, 1.54) is 42.5 Å². The third-order valence-corrected chi connectivity index (χ3v) is 10.7. The van der Waals surface area contributed by atoms with Crippen LogP contribution in [-0.4, -0.2) is 67.9 Å². The van der Waals surface area contributed by atoms with Crippen LogP contribution < -0.4 is 15.2 Å². The number of piperidine rings is 1. The molecule has 258 valence electrons. The van der Waals surface area contributed by atoms with Crippen LogP contribution in [0.15, 0.2) is 61.1 Å². The predicted molar refractivity (Wildman–Crippen MR) is 178 cm³/mol. The summed E-state index contributed by atoms with van der Waals surface area (Å²) < 4.78 is 75.8.